The Morgan fingerprint density at radius 2 is 1.72 bits per heavy atom. The molecule has 0 aliphatic heterocycles. The minimum atomic E-state index is -0.448. The molecule has 0 saturated heterocycles. The molecule has 0 aliphatic rings. The Balaban J connectivity index is 4.51. The van der Waals surface area contributed by atoms with Gasteiger partial charge in [0.05, 0.1) is 0 Å². The Kier molecular flexibility index (Phi) is 6.69. The van der Waals surface area contributed by atoms with Gasteiger partial charge in [-0.25, -0.2) is 4.79 Å². The first-order valence-electron chi connectivity index (χ1n) is 6.52. The van der Waals surface area contributed by atoms with Crippen molar-refractivity contribution in [2.75, 3.05) is 5.33 Å². The fourth-order valence-corrected chi connectivity index (χ4v) is 1.79. The summed E-state index contributed by atoms with van der Waals surface area (Å²) in [6.45, 7) is 14.2. The summed E-state index contributed by atoms with van der Waals surface area (Å²) in [4.78, 5) is 11.8. The molecule has 1 amide bonds. The first kappa shape index (κ1) is 17.8. The zero-order valence-corrected chi connectivity index (χ0v) is 14.3. The minimum absolute atomic E-state index is 0.132. The highest BCUT2D eigenvalue weighted by Crippen LogP contribution is 2.27. The van der Waals surface area contributed by atoms with Crippen LogP contribution in [0.25, 0.3) is 0 Å². The van der Waals surface area contributed by atoms with Crippen LogP contribution in [0.4, 0.5) is 4.79 Å². The number of carbonyl (C=O) groups is 1. The van der Waals surface area contributed by atoms with Crippen LogP contribution in [0, 0.1) is 11.3 Å². The summed E-state index contributed by atoms with van der Waals surface area (Å²) in [5.41, 5.74) is -0.291. The Labute approximate surface area is 120 Å². The van der Waals surface area contributed by atoms with Crippen molar-refractivity contribution >= 4 is 22.0 Å². The summed E-state index contributed by atoms with van der Waals surface area (Å²) in [7, 11) is 0. The van der Waals surface area contributed by atoms with Gasteiger partial charge in [0.15, 0.2) is 0 Å². The summed E-state index contributed by atoms with van der Waals surface area (Å²) >= 11 is 3.52. The van der Waals surface area contributed by atoms with Crippen molar-refractivity contribution in [2.24, 2.45) is 11.3 Å². The van der Waals surface area contributed by atoms with Crippen molar-refractivity contribution < 1.29 is 9.53 Å². The number of alkyl carbamates (subject to hydrolysis) is 1. The fraction of sp³-hybridized carbons (Fsp3) is 0.929. The lowest BCUT2D eigenvalue weighted by atomic mass is 9.84. The Morgan fingerprint density at radius 1 is 1.22 bits per heavy atom. The average Bonchev–Trinajstić information content (AvgIpc) is 2.13. The smallest absolute Gasteiger partial charge is 0.407 e. The summed E-state index contributed by atoms with van der Waals surface area (Å²) in [5, 5.41) is 3.90. The lowest BCUT2D eigenvalue weighted by Crippen LogP contribution is -2.44. The van der Waals surface area contributed by atoms with E-state index in [1.807, 2.05) is 20.8 Å². The first-order valence-corrected chi connectivity index (χ1v) is 7.64. The number of hydrogen-bond donors (Lipinski definition) is 1. The van der Waals surface area contributed by atoms with E-state index in [1.54, 1.807) is 0 Å². The van der Waals surface area contributed by atoms with Gasteiger partial charge in [0.2, 0.25) is 0 Å². The van der Waals surface area contributed by atoms with Crippen LogP contribution in [0.3, 0.4) is 0 Å². The second-order valence-electron chi connectivity index (χ2n) is 7.00. The number of nitrogens with one attached hydrogen (secondary N) is 1. The highest BCUT2D eigenvalue weighted by Gasteiger charge is 2.27. The Hall–Kier alpha value is -0.250. The zero-order chi connectivity index (χ0) is 14.6. The lowest BCUT2D eigenvalue weighted by Gasteiger charge is -2.31. The molecular formula is C14H28BrNO2. The van der Waals surface area contributed by atoms with E-state index in [9.17, 15) is 4.79 Å². The van der Waals surface area contributed by atoms with Gasteiger partial charge in [0, 0.05) is 11.4 Å². The molecule has 0 radical (unpaired) electrons. The molecular weight excluding hydrogens is 294 g/mol. The van der Waals surface area contributed by atoms with E-state index in [-0.39, 0.29) is 17.6 Å². The zero-order valence-electron chi connectivity index (χ0n) is 12.8. The molecule has 108 valence electrons. The largest absolute Gasteiger partial charge is 0.444 e. The maximum Gasteiger partial charge on any atom is 0.407 e. The molecule has 0 rings (SSSR count). The molecule has 0 spiro atoms. The molecule has 0 saturated carbocycles. The fourth-order valence-electron chi connectivity index (χ4n) is 1.56. The predicted octanol–water partition coefficient (Wildman–Crippen LogP) is 4.35. The van der Waals surface area contributed by atoms with E-state index in [2.05, 4.69) is 48.9 Å². The van der Waals surface area contributed by atoms with Gasteiger partial charge in [-0.2, -0.15) is 0 Å². The number of alkyl halides is 1. The predicted molar refractivity (Wildman–Crippen MR) is 80.2 cm³/mol. The third kappa shape index (κ3) is 7.96. The third-order valence-corrected chi connectivity index (χ3v) is 4.16. The van der Waals surface area contributed by atoms with Crippen molar-refractivity contribution in [1.29, 1.82) is 0 Å². The van der Waals surface area contributed by atoms with Crippen LogP contribution in [0.15, 0.2) is 0 Å². The number of hydrogen-bond acceptors (Lipinski definition) is 2. The molecule has 18 heavy (non-hydrogen) atoms. The van der Waals surface area contributed by atoms with Crippen LogP contribution in [0.5, 0.6) is 0 Å². The van der Waals surface area contributed by atoms with Crippen LogP contribution in [-0.2, 0) is 4.74 Å². The summed E-state index contributed by atoms with van der Waals surface area (Å²) in [6.07, 6.45) is 0.599. The molecule has 3 nitrogen and oxygen atoms in total. The second-order valence-corrected chi connectivity index (χ2v) is 7.56. The normalized spacial score (nSPS) is 14.5. The number of rotatable bonds is 5. The third-order valence-electron chi connectivity index (χ3n) is 2.64. The van der Waals surface area contributed by atoms with Crippen molar-refractivity contribution in [2.45, 2.75) is 66.5 Å². The van der Waals surface area contributed by atoms with Crippen molar-refractivity contribution in [3.8, 4) is 0 Å². The van der Waals surface area contributed by atoms with E-state index in [1.165, 1.54) is 0 Å². The molecule has 0 aromatic rings. The van der Waals surface area contributed by atoms with E-state index in [4.69, 9.17) is 4.74 Å². The minimum Gasteiger partial charge on any atom is -0.444 e. The van der Waals surface area contributed by atoms with Crippen LogP contribution >= 0.6 is 15.9 Å². The molecule has 4 heteroatoms. The summed E-state index contributed by atoms with van der Waals surface area (Å²) in [6, 6.07) is 0.132. The van der Waals surface area contributed by atoms with Crippen LogP contribution in [-0.4, -0.2) is 23.1 Å². The van der Waals surface area contributed by atoms with E-state index >= 15 is 0 Å². The lowest BCUT2D eigenvalue weighted by molar-refractivity contribution is 0.0475. The monoisotopic (exact) mass is 321 g/mol. The molecule has 1 atom stereocenters. The molecule has 0 fully saturated rings. The van der Waals surface area contributed by atoms with Gasteiger partial charge in [0.25, 0.3) is 0 Å². The van der Waals surface area contributed by atoms with Gasteiger partial charge >= 0.3 is 6.09 Å². The highest BCUT2D eigenvalue weighted by atomic mass is 79.9. The molecule has 0 aromatic carbocycles. The molecule has 1 N–H and O–H groups in total. The van der Waals surface area contributed by atoms with Crippen LogP contribution < -0.4 is 5.32 Å². The van der Waals surface area contributed by atoms with Gasteiger partial charge < -0.3 is 10.1 Å². The number of halogens is 1. The quantitative estimate of drug-likeness (QED) is 0.764. The first-order chi connectivity index (χ1) is 7.97. The molecule has 1 unspecified atom stereocenters. The maximum atomic E-state index is 11.8. The van der Waals surface area contributed by atoms with Gasteiger partial charge in [-0.05, 0) is 38.5 Å². The topological polar surface area (TPSA) is 38.3 Å². The maximum absolute atomic E-state index is 11.8. The van der Waals surface area contributed by atoms with Crippen molar-refractivity contribution in [3.63, 3.8) is 0 Å². The number of ether oxygens (including phenoxy) is 1. The second kappa shape index (κ2) is 6.78. The van der Waals surface area contributed by atoms with Crippen LogP contribution in [0.1, 0.15) is 54.9 Å². The summed E-state index contributed by atoms with van der Waals surface area (Å²) in [5.74, 6) is 0.385. The average molecular weight is 322 g/mol. The van der Waals surface area contributed by atoms with Gasteiger partial charge in [-0.15, -0.1) is 0 Å². The standard InChI is InChI=1S/C14H28BrNO2/c1-10(2)11(8-14(6,7)9-15)16-12(17)18-13(3,4)5/h10-11H,8-9H2,1-7H3,(H,16,17). The molecule has 0 aliphatic carbocycles. The van der Waals surface area contributed by atoms with Gasteiger partial charge in [-0.1, -0.05) is 43.6 Å². The Bertz CT molecular complexity index is 269. The number of carbonyl (C=O) groups excluding carboxylic acids is 1. The molecule has 0 heterocycles. The van der Waals surface area contributed by atoms with E-state index in [0.29, 0.717) is 5.92 Å². The Morgan fingerprint density at radius 3 is 2.06 bits per heavy atom. The van der Waals surface area contributed by atoms with E-state index in [0.717, 1.165) is 11.8 Å². The van der Waals surface area contributed by atoms with Crippen molar-refractivity contribution in [1.82, 2.24) is 5.32 Å². The van der Waals surface area contributed by atoms with Gasteiger partial charge in [-0.3, -0.25) is 0 Å². The SMILES string of the molecule is CC(C)C(CC(C)(C)CBr)NC(=O)OC(C)(C)C. The highest BCUT2D eigenvalue weighted by molar-refractivity contribution is 9.09. The van der Waals surface area contributed by atoms with Crippen LogP contribution in [0.2, 0.25) is 0 Å². The van der Waals surface area contributed by atoms with Gasteiger partial charge in [0.1, 0.15) is 5.60 Å². The van der Waals surface area contributed by atoms with E-state index < -0.39 is 5.60 Å². The van der Waals surface area contributed by atoms with Crippen molar-refractivity contribution in [3.05, 3.63) is 0 Å². The molecule has 0 bridgehead atoms. The number of amides is 1. The molecule has 0 aromatic heterocycles. The summed E-state index contributed by atoms with van der Waals surface area (Å²) < 4.78 is 5.30.